The molecule has 0 fully saturated rings. The molecular weight excluding hydrogens is 267 g/mol. The molecule has 0 spiro atoms. The van der Waals surface area contributed by atoms with E-state index in [1.807, 2.05) is 19.1 Å². The third-order valence-corrected chi connectivity index (χ3v) is 2.75. The quantitative estimate of drug-likeness (QED) is 0.843. The normalized spacial score (nSPS) is 11.5. The van der Waals surface area contributed by atoms with Crippen molar-refractivity contribution in [1.29, 1.82) is 0 Å². The number of rotatable bonds is 2. The van der Waals surface area contributed by atoms with Gasteiger partial charge in [-0.2, -0.15) is 13.2 Å². The molecule has 0 aliphatic carbocycles. The summed E-state index contributed by atoms with van der Waals surface area (Å²) in [5.41, 5.74) is 0.987. The van der Waals surface area contributed by atoms with Gasteiger partial charge in [-0.05, 0) is 13.0 Å². The van der Waals surface area contributed by atoms with E-state index in [2.05, 4.69) is 9.97 Å². The van der Waals surface area contributed by atoms with Crippen molar-refractivity contribution in [2.75, 3.05) is 19.0 Å². The highest BCUT2D eigenvalue weighted by molar-refractivity contribution is 5.61. The van der Waals surface area contributed by atoms with Gasteiger partial charge in [0.1, 0.15) is 0 Å². The van der Waals surface area contributed by atoms with Crippen LogP contribution in [0.15, 0.2) is 30.3 Å². The van der Waals surface area contributed by atoms with E-state index in [0.29, 0.717) is 5.56 Å². The zero-order valence-corrected chi connectivity index (χ0v) is 11.4. The van der Waals surface area contributed by atoms with Crippen molar-refractivity contribution in [3.63, 3.8) is 0 Å². The average molecular weight is 281 g/mol. The van der Waals surface area contributed by atoms with Crippen LogP contribution in [0.4, 0.5) is 19.1 Å². The van der Waals surface area contributed by atoms with Crippen LogP contribution in [0.3, 0.4) is 0 Å². The molecule has 0 amide bonds. The third kappa shape index (κ3) is 3.07. The minimum Gasteiger partial charge on any atom is -0.347 e. The molecule has 1 heterocycles. The van der Waals surface area contributed by atoms with Crippen LogP contribution >= 0.6 is 0 Å². The van der Waals surface area contributed by atoms with E-state index in [4.69, 9.17) is 0 Å². The highest BCUT2D eigenvalue weighted by atomic mass is 19.4. The van der Waals surface area contributed by atoms with Crippen LogP contribution in [0.5, 0.6) is 0 Å². The van der Waals surface area contributed by atoms with E-state index in [-0.39, 0.29) is 11.6 Å². The number of aryl methyl sites for hydroxylation is 1. The largest absolute Gasteiger partial charge is 0.433 e. The Morgan fingerprint density at radius 1 is 1.00 bits per heavy atom. The highest BCUT2D eigenvalue weighted by Crippen LogP contribution is 2.31. The third-order valence-electron chi connectivity index (χ3n) is 2.75. The summed E-state index contributed by atoms with van der Waals surface area (Å²) in [4.78, 5) is 9.15. The molecule has 3 nitrogen and oxygen atoms in total. The topological polar surface area (TPSA) is 29.0 Å². The first-order chi connectivity index (χ1) is 9.27. The van der Waals surface area contributed by atoms with E-state index in [1.54, 1.807) is 26.2 Å². The second-order valence-corrected chi connectivity index (χ2v) is 4.70. The summed E-state index contributed by atoms with van der Waals surface area (Å²) in [6.07, 6.45) is -4.49. The Kier molecular flexibility index (Phi) is 3.65. The highest BCUT2D eigenvalue weighted by Gasteiger charge is 2.34. The lowest BCUT2D eigenvalue weighted by molar-refractivity contribution is -0.141. The first kappa shape index (κ1) is 14.3. The number of aromatic nitrogens is 2. The molecule has 106 valence electrons. The molecule has 0 bridgehead atoms. The number of nitrogens with zero attached hydrogens (tertiary/aromatic N) is 3. The lowest BCUT2D eigenvalue weighted by atomic mass is 10.1. The molecule has 6 heteroatoms. The van der Waals surface area contributed by atoms with Crippen LogP contribution in [-0.4, -0.2) is 24.1 Å². The maximum absolute atomic E-state index is 12.9. The van der Waals surface area contributed by atoms with Gasteiger partial charge in [-0.3, -0.25) is 0 Å². The summed E-state index contributed by atoms with van der Waals surface area (Å²) in [5.74, 6) is 0.0374. The average Bonchev–Trinajstić information content (AvgIpc) is 2.38. The Morgan fingerprint density at radius 3 is 2.10 bits per heavy atom. The fourth-order valence-electron chi connectivity index (χ4n) is 1.65. The molecule has 0 N–H and O–H groups in total. The van der Waals surface area contributed by atoms with Crippen LogP contribution in [0.1, 0.15) is 11.3 Å². The monoisotopic (exact) mass is 281 g/mol. The number of hydrogen-bond acceptors (Lipinski definition) is 3. The van der Waals surface area contributed by atoms with Crippen molar-refractivity contribution in [2.45, 2.75) is 13.1 Å². The number of hydrogen-bond donors (Lipinski definition) is 0. The zero-order chi connectivity index (χ0) is 14.9. The molecule has 0 atom stereocenters. The van der Waals surface area contributed by atoms with E-state index < -0.39 is 11.9 Å². The molecular formula is C14H14F3N3. The van der Waals surface area contributed by atoms with Gasteiger partial charge in [-0.1, -0.05) is 29.8 Å². The van der Waals surface area contributed by atoms with Crippen molar-refractivity contribution in [3.05, 3.63) is 41.6 Å². The fraction of sp³-hybridized carbons (Fsp3) is 0.286. The molecule has 0 unspecified atom stereocenters. The Labute approximate surface area is 115 Å². The Hall–Kier alpha value is -2.11. The predicted molar refractivity (Wildman–Crippen MR) is 71.5 cm³/mol. The number of anilines is 1. The smallest absolute Gasteiger partial charge is 0.347 e. The van der Waals surface area contributed by atoms with Crippen molar-refractivity contribution in [1.82, 2.24) is 9.97 Å². The first-order valence-electron chi connectivity index (χ1n) is 5.98. The van der Waals surface area contributed by atoms with E-state index in [0.717, 1.165) is 11.6 Å². The predicted octanol–water partition coefficient (Wildman–Crippen LogP) is 3.54. The summed E-state index contributed by atoms with van der Waals surface area (Å²) < 4.78 is 38.6. The van der Waals surface area contributed by atoms with Gasteiger partial charge < -0.3 is 4.90 Å². The standard InChI is InChI=1S/C14H14F3N3/c1-9-4-6-10(7-5-9)11-8-12(14(15,16)17)19-13(18-11)20(2)3/h4-8H,1-3H3. The van der Waals surface area contributed by atoms with Crippen LogP contribution in [0, 0.1) is 6.92 Å². The number of halogens is 3. The van der Waals surface area contributed by atoms with Gasteiger partial charge in [-0.25, -0.2) is 9.97 Å². The Balaban J connectivity index is 2.57. The van der Waals surface area contributed by atoms with Gasteiger partial charge in [0.2, 0.25) is 5.95 Å². The Morgan fingerprint density at radius 2 is 1.60 bits per heavy atom. The minimum atomic E-state index is -4.49. The lowest BCUT2D eigenvalue weighted by Crippen LogP contribution is -2.17. The Bertz CT molecular complexity index is 604. The maximum atomic E-state index is 12.9. The second kappa shape index (κ2) is 5.11. The van der Waals surface area contributed by atoms with Crippen LogP contribution < -0.4 is 4.90 Å². The first-order valence-corrected chi connectivity index (χ1v) is 5.98. The summed E-state index contributed by atoms with van der Waals surface area (Å²) in [6.45, 7) is 1.91. The van der Waals surface area contributed by atoms with Gasteiger partial charge in [0.15, 0.2) is 5.69 Å². The van der Waals surface area contributed by atoms with Gasteiger partial charge in [0.05, 0.1) is 5.69 Å². The maximum Gasteiger partial charge on any atom is 0.433 e. The summed E-state index contributed by atoms with van der Waals surface area (Å²) in [7, 11) is 3.21. The number of alkyl halides is 3. The molecule has 0 saturated heterocycles. The van der Waals surface area contributed by atoms with Crippen molar-refractivity contribution in [2.24, 2.45) is 0 Å². The van der Waals surface area contributed by atoms with E-state index in [9.17, 15) is 13.2 Å². The molecule has 2 aromatic rings. The summed E-state index contributed by atoms with van der Waals surface area (Å²) in [6, 6.07) is 8.13. The minimum absolute atomic E-state index is 0.0374. The second-order valence-electron chi connectivity index (χ2n) is 4.70. The van der Waals surface area contributed by atoms with E-state index in [1.165, 1.54) is 4.90 Å². The SMILES string of the molecule is Cc1ccc(-c2cc(C(F)(F)F)nc(N(C)C)n2)cc1. The molecule has 0 aliphatic heterocycles. The van der Waals surface area contributed by atoms with Gasteiger partial charge in [0.25, 0.3) is 0 Å². The van der Waals surface area contributed by atoms with E-state index >= 15 is 0 Å². The molecule has 1 aromatic carbocycles. The molecule has 1 aromatic heterocycles. The molecule has 20 heavy (non-hydrogen) atoms. The van der Waals surface area contributed by atoms with Crippen LogP contribution in [-0.2, 0) is 6.18 Å². The van der Waals surface area contributed by atoms with Gasteiger partial charge in [0, 0.05) is 19.7 Å². The molecule has 0 aliphatic rings. The van der Waals surface area contributed by atoms with Gasteiger partial charge in [-0.15, -0.1) is 0 Å². The van der Waals surface area contributed by atoms with Gasteiger partial charge >= 0.3 is 6.18 Å². The van der Waals surface area contributed by atoms with Crippen molar-refractivity contribution >= 4 is 5.95 Å². The molecule has 2 rings (SSSR count). The van der Waals surface area contributed by atoms with Crippen LogP contribution in [0.2, 0.25) is 0 Å². The van der Waals surface area contributed by atoms with Crippen molar-refractivity contribution < 1.29 is 13.2 Å². The zero-order valence-electron chi connectivity index (χ0n) is 11.4. The fourth-order valence-corrected chi connectivity index (χ4v) is 1.65. The molecule has 0 saturated carbocycles. The molecule has 0 radical (unpaired) electrons. The number of benzene rings is 1. The van der Waals surface area contributed by atoms with Crippen molar-refractivity contribution in [3.8, 4) is 11.3 Å². The summed E-state index contributed by atoms with van der Waals surface area (Å²) in [5, 5.41) is 0. The summed E-state index contributed by atoms with van der Waals surface area (Å²) >= 11 is 0. The van der Waals surface area contributed by atoms with Crippen LogP contribution in [0.25, 0.3) is 11.3 Å². The lowest BCUT2D eigenvalue weighted by Gasteiger charge is -2.15.